The van der Waals surface area contributed by atoms with E-state index in [-0.39, 0.29) is 17.0 Å². The molecule has 0 spiro atoms. The third kappa shape index (κ3) is 5.09. The molecular formula is C19H17N3O9S2. The summed E-state index contributed by atoms with van der Waals surface area (Å²) < 4.78 is 65.5. The topological polar surface area (TPSA) is 203 Å². The zero-order chi connectivity index (χ0) is 24.7. The number of anilines is 1. The van der Waals surface area contributed by atoms with Crippen molar-refractivity contribution in [3.05, 3.63) is 42.0 Å². The van der Waals surface area contributed by atoms with Gasteiger partial charge in [0.05, 0.1) is 16.0 Å². The molecule has 0 atom stereocenters. The molecule has 3 aromatic rings. The zero-order valence-electron chi connectivity index (χ0n) is 17.0. The summed E-state index contributed by atoms with van der Waals surface area (Å²) in [4.78, 5) is 9.56. The number of amides is 1. The Hall–Kier alpha value is -3.59. The van der Waals surface area contributed by atoms with E-state index < -0.39 is 52.6 Å². The van der Waals surface area contributed by atoms with Gasteiger partial charge < -0.3 is 15.5 Å². The predicted molar refractivity (Wildman–Crippen MR) is 117 cm³/mol. The molecule has 3 aromatic carbocycles. The van der Waals surface area contributed by atoms with Gasteiger partial charge in [-0.1, -0.05) is 6.07 Å². The number of azo groups is 1. The highest BCUT2D eigenvalue weighted by Crippen LogP contribution is 2.45. The van der Waals surface area contributed by atoms with Gasteiger partial charge in [0, 0.05) is 18.7 Å². The quantitative estimate of drug-likeness (QED) is 0.259. The Labute approximate surface area is 187 Å². The van der Waals surface area contributed by atoms with Crippen LogP contribution in [-0.2, 0) is 25.0 Å². The maximum Gasteiger partial charge on any atom is 0.296 e. The van der Waals surface area contributed by atoms with Crippen LogP contribution in [0.15, 0.2) is 56.4 Å². The van der Waals surface area contributed by atoms with Crippen molar-refractivity contribution in [1.82, 2.24) is 0 Å². The molecule has 0 fully saturated rings. The fraction of sp³-hybridized carbons (Fsp3) is 0.105. The summed E-state index contributed by atoms with van der Waals surface area (Å²) in [5.74, 6) is -2.07. The number of carbonyl (C=O) groups is 1. The van der Waals surface area contributed by atoms with Gasteiger partial charge in [-0.05, 0) is 42.1 Å². The Kier molecular flexibility index (Phi) is 6.12. The predicted octanol–water partition coefficient (Wildman–Crippen LogP) is 3.43. The minimum atomic E-state index is -5.01. The molecule has 3 rings (SSSR count). The van der Waals surface area contributed by atoms with Crippen molar-refractivity contribution in [3.63, 3.8) is 0 Å². The number of aromatic hydroxyl groups is 2. The first kappa shape index (κ1) is 24.1. The maximum atomic E-state index is 11.9. The number of aryl methyl sites for hydroxylation is 1. The van der Waals surface area contributed by atoms with Crippen LogP contribution in [0, 0.1) is 6.92 Å². The SMILES string of the molecule is CC(=O)Nc1ccc(C)c(N=Nc2c(S(=O)(=O)O)cc3cc(S(=O)(=O)O)cc(O)c3c2O)c1. The molecule has 0 saturated heterocycles. The third-order valence-electron chi connectivity index (χ3n) is 4.47. The Bertz CT molecular complexity index is 1550. The molecule has 5 N–H and O–H groups in total. The van der Waals surface area contributed by atoms with E-state index in [4.69, 9.17) is 0 Å². The molecule has 0 unspecified atom stereocenters. The van der Waals surface area contributed by atoms with Crippen LogP contribution >= 0.6 is 0 Å². The van der Waals surface area contributed by atoms with Crippen LogP contribution in [0.3, 0.4) is 0 Å². The molecule has 1 amide bonds. The van der Waals surface area contributed by atoms with Crippen molar-refractivity contribution in [2.24, 2.45) is 10.2 Å². The fourth-order valence-electron chi connectivity index (χ4n) is 2.98. The number of fused-ring (bicyclic) bond motifs is 1. The van der Waals surface area contributed by atoms with Crippen LogP contribution in [0.4, 0.5) is 17.1 Å². The number of benzene rings is 3. The standard InChI is InChI=1S/C19H17N3O9S2/c1-9-3-4-12(20-10(2)23)7-14(9)21-22-18-16(33(29,30)31)6-11-5-13(32(26,27)28)8-15(24)17(11)19(18)25/h3-8,24-25H,1-2H3,(H,20,23)(H,26,27,28)(H,29,30,31). The Morgan fingerprint density at radius 2 is 1.61 bits per heavy atom. The van der Waals surface area contributed by atoms with Crippen LogP contribution in [0.5, 0.6) is 11.5 Å². The van der Waals surface area contributed by atoms with Gasteiger partial charge in [0.1, 0.15) is 16.3 Å². The van der Waals surface area contributed by atoms with Crippen molar-refractivity contribution >= 4 is 54.0 Å². The number of nitrogens with one attached hydrogen (secondary N) is 1. The van der Waals surface area contributed by atoms with E-state index in [0.29, 0.717) is 17.3 Å². The molecule has 0 aliphatic rings. The second-order valence-electron chi connectivity index (χ2n) is 6.95. The van der Waals surface area contributed by atoms with Gasteiger partial charge in [-0.25, -0.2) is 0 Å². The first-order valence-corrected chi connectivity index (χ1v) is 11.8. The molecule has 14 heteroatoms. The Morgan fingerprint density at radius 3 is 2.18 bits per heavy atom. The van der Waals surface area contributed by atoms with E-state index >= 15 is 0 Å². The first-order chi connectivity index (χ1) is 15.2. The number of hydrogen-bond acceptors (Lipinski definition) is 9. The average molecular weight is 495 g/mol. The summed E-state index contributed by atoms with van der Waals surface area (Å²) in [6.07, 6.45) is 0. The van der Waals surface area contributed by atoms with E-state index in [9.17, 15) is 40.9 Å². The lowest BCUT2D eigenvalue weighted by Gasteiger charge is -2.11. The van der Waals surface area contributed by atoms with Crippen molar-refractivity contribution in [2.45, 2.75) is 23.6 Å². The van der Waals surface area contributed by atoms with E-state index in [1.807, 2.05) is 0 Å². The van der Waals surface area contributed by atoms with E-state index in [2.05, 4.69) is 15.5 Å². The zero-order valence-corrected chi connectivity index (χ0v) is 18.6. The highest BCUT2D eigenvalue weighted by Gasteiger charge is 2.25. The van der Waals surface area contributed by atoms with Gasteiger partial charge >= 0.3 is 0 Å². The summed E-state index contributed by atoms with van der Waals surface area (Å²) in [7, 11) is -9.79. The van der Waals surface area contributed by atoms with Gasteiger partial charge in [0.15, 0.2) is 5.75 Å². The summed E-state index contributed by atoms with van der Waals surface area (Å²) in [5, 5.41) is 30.3. The summed E-state index contributed by atoms with van der Waals surface area (Å²) >= 11 is 0. The summed E-state index contributed by atoms with van der Waals surface area (Å²) in [6, 6.07) is 6.83. The van der Waals surface area contributed by atoms with Gasteiger partial charge in [0.25, 0.3) is 20.2 Å². The molecule has 0 saturated carbocycles. The van der Waals surface area contributed by atoms with E-state index in [1.54, 1.807) is 19.1 Å². The highest BCUT2D eigenvalue weighted by atomic mass is 32.2. The maximum absolute atomic E-state index is 11.9. The Balaban J connectivity index is 2.28. The lowest BCUT2D eigenvalue weighted by molar-refractivity contribution is -0.114. The number of phenols is 2. The van der Waals surface area contributed by atoms with E-state index in [1.165, 1.54) is 13.0 Å². The first-order valence-electron chi connectivity index (χ1n) is 8.96. The highest BCUT2D eigenvalue weighted by molar-refractivity contribution is 7.86. The number of rotatable bonds is 5. The van der Waals surface area contributed by atoms with Gasteiger partial charge in [-0.2, -0.15) is 21.9 Å². The number of nitrogens with zero attached hydrogens (tertiary/aromatic N) is 2. The van der Waals surface area contributed by atoms with Crippen LogP contribution < -0.4 is 5.32 Å². The monoisotopic (exact) mass is 495 g/mol. The molecule has 0 aliphatic carbocycles. The van der Waals surface area contributed by atoms with Crippen LogP contribution in [0.25, 0.3) is 10.8 Å². The lowest BCUT2D eigenvalue weighted by Crippen LogP contribution is -2.05. The third-order valence-corrected chi connectivity index (χ3v) is 6.16. The molecule has 12 nitrogen and oxygen atoms in total. The normalized spacial score (nSPS) is 12.4. The van der Waals surface area contributed by atoms with Crippen molar-refractivity contribution in [2.75, 3.05) is 5.32 Å². The van der Waals surface area contributed by atoms with Crippen LogP contribution in [0.2, 0.25) is 0 Å². The molecule has 0 radical (unpaired) electrons. The second-order valence-corrected chi connectivity index (χ2v) is 9.76. The van der Waals surface area contributed by atoms with E-state index in [0.717, 1.165) is 12.1 Å². The van der Waals surface area contributed by atoms with Gasteiger partial charge in [0.2, 0.25) is 5.91 Å². The minimum absolute atomic E-state index is 0.188. The summed E-state index contributed by atoms with van der Waals surface area (Å²) in [5.41, 5.74) is 0.398. The molecule has 174 valence electrons. The fourth-order valence-corrected chi connectivity index (χ4v) is 4.18. The van der Waals surface area contributed by atoms with Crippen LogP contribution in [0.1, 0.15) is 12.5 Å². The molecule has 0 aliphatic heterocycles. The molecule has 0 bridgehead atoms. The second kappa shape index (κ2) is 8.40. The lowest BCUT2D eigenvalue weighted by atomic mass is 10.1. The average Bonchev–Trinajstić information content (AvgIpc) is 2.66. The van der Waals surface area contributed by atoms with Crippen molar-refractivity contribution < 1.29 is 40.9 Å². The van der Waals surface area contributed by atoms with Gasteiger partial charge in [-0.15, -0.1) is 5.11 Å². The number of hydrogen-bond donors (Lipinski definition) is 5. The van der Waals surface area contributed by atoms with Crippen LogP contribution in [-0.4, -0.2) is 42.1 Å². The number of carbonyl (C=O) groups excluding carboxylic acids is 1. The van der Waals surface area contributed by atoms with Crippen molar-refractivity contribution in [3.8, 4) is 11.5 Å². The molecule has 33 heavy (non-hydrogen) atoms. The minimum Gasteiger partial charge on any atom is -0.507 e. The largest absolute Gasteiger partial charge is 0.507 e. The molecule has 0 heterocycles. The summed E-state index contributed by atoms with van der Waals surface area (Å²) in [6.45, 7) is 2.95. The van der Waals surface area contributed by atoms with Crippen molar-refractivity contribution in [1.29, 1.82) is 0 Å². The van der Waals surface area contributed by atoms with Gasteiger partial charge in [-0.3, -0.25) is 13.9 Å². The smallest absolute Gasteiger partial charge is 0.296 e. The molecular weight excluding hydrogens is 478 g/mol. The Morgan fingerprint density at radius 1 is 0.939 bits per heavy atom. The molecule has 0 aromatic heterocycles. The number of phenolic OH excluding ortho intramolecular Hbond substituents is 2.